The van der Waals surface area contributed by atoms with Crippen LogP contribution in [0.15, 0.2) is 23.4 Å². The quantitative estimate of drug-likeness (QED) is 0.398. The highest BCUT2D eigenvalue weighted by Gasteiger charge is 2.25. The molecule has 0 radical (unpaired) electrons. The van der Waals surface area contributed by atoms with Crippen molar-refractivity contribution in [2.75, 3.05) is 26.3 Å². The minimum atomic E-state index is -0.746. The molecule has 0 bridgehead atoms. The first kappa shape index (κ1) is 23.9. The third kappa shape index (κ3) is 6.38. The zero-order chi connectivity index (χ0) is 22.9. The highest BCUT2D eigenvalue weighted by Crippen LogP contribution is 2.37. The molecule has 1 amide bonds. The second-order valence-corrected chi connectivity index (χ2v) is 8.33. The van der Waals surface area contributed by atoms with Gasteiger partial charge in [0.15, 0.2) is 6.61 Å². The number of ether oxygens (including phenoxy) is 1. The van der Waals surface area contributed by atoms with Crippen molar-refractivity contribution in [1.29, 1.82) is 0 Å². The van der Waals surface area contributed by atoms with Crippen molar-refractivity contribution in [3.63, 3.8) is 0 Å². The summed E-state index contributed by atoms with van der Waals surface area (Å²) in [5.74, 6) is -1.63. The molecule has 0 unspecified atom stereocenters. The number of esters is 1. The predicted octanol–water partition coefficient (Wildman–Crippen LogP) is 3.97. The second kappa shape index (κ2) is 11.8. The van der Waals surface area contributed by atoms with Crippen LogP contribution in [0.25, 0.3) is 0 Å². The van der Waals surface area contributed by atoms with Crippen LogP contribution in [0.1, 0.15) is 60.9 Å². The zero-order valence-corrected chi connectivity index (χ0v) is 18.8. The number of piperidine rings is 1. The molecule has 174 valence electrons. The van der Waals surface area contributed by atoms with Crippen molar-refractivity contribution in [2.45, 2.75) is 51.4 Å². The molecule has 8 nitrogen and oxygen atoms in total. The molecule has 1 saturated heterocycles. The van der Waals surface area contributed by atoms with Crippen LogP contribution in [0.5, 0.6) is 11.5 Å². The number of nitrogens with zero attached hydrogens (tertiary/aromatic N) is 2. The van der Waals surface area contributed by atoms with Gasteiger partial charge in [-0.25, -0.2) is 4.79 Å². The Morgan fingerprint density at radius 2 is 1.91 bits per heavy atom. The SMILES string of the molecule is O=C1OC/C=C/CCCC/C(=N\OCC(=O)N2CCCCC2)Cc2c(Cl)c(O)cc(O)c21. The number of cyclic esters (lactones) is 1. The summed E-state index contributed by atoms with van der Waals surface area (Å²) in [6.07, 6.45) is 9.92. The molecule has 1 aromatic carbocycles. The smallest absolute Gasteiger partial charge is 0.342 e. The molecule has 1 fully saturated rings. The van der Waals surface area contributed by atoms with E-state index in [0.717, 1.165) is 57.7 Å². The lowest BCUT2D eigenvalue weighted by Crippen LogP contribution is -2.37. The molecular formula is C23H29ClN2O6. The molecule has 32 heavy (non-hydrogen) atoms. The van der Waals surface area contributed by atoms with E-state index in [0.29, 0.717) is 12.1 Å². The normalized spacial score (nSPS) is 20.3. The van der Waals surface area contributed by atoms with E-state index in [2.05, 4.69) is 5.16 Å². The van der Waals surface area contributed by atoms with Gasteiger partial charge in [0.1, 0.15) is 23.7 Å². The van der Waals surface area contributed by atoms with Crippen molar-refractivity contribution in [1.82, 2.24) is 4.90 Å². The van der Waals surface area contributed by atoms with Gasteiger partial charge >= 0.3 is 5.97 Å². The Morgan fingerprint density at radius 1 is 1.12 bits per heavy atom. The van der Waals surface area contributed by atoms with E-state index >= 15 is 0 Å². The molecule has 2 heterocycles. The van der Waals surface area contributed by atoms with E-state index in [1.54, 1.807) is 11.0 Å². The topological polar surface area (TPSA) is 109 Å². The maximum absolute atomic E-state index is 12.6. The fourth-order valence-corrected chi connectivity index (χ4v) is 4.05. The Hall–Kier alpha value is -2.74. The fraction of sp³-hybridized carbons (Fsp3) is 0.522. The van der Waals surface area contributed by atoms with Gasteiger partial charge in [-0.15, -0.1) is 0 Å². The number of allylic oxidation sites excluding steroid dienone is 1. The summed E-state index contributed by atoms with van der Waals surface area (Å²) in [7, 11) is 0. The number of halogens is 1. The largest absolute Gasteiger partial charge is 0.507 e. The molecule has 0 aliphatic carbocycles. The molecular weight excluding hydrogens is 436 g/mol. The van der Waals surface area contributed by atoms with Crippen molar-refractivity contribution in [2.24, 2.45) is 5.16 Å². The maximum Gasteiger partial charge on any atom is 0.342 e. The van der Waals surface area contributed by atoms with Crippen LogP contribution in [0.2, 0.25) is 5.02 Å². The van der Waals surface area contributed by atoms with Gasteiger partial charge in [0, 0.05) is 25.6 Å². The summed E-state index contributed by atoms with van der Waals surface area (Å²) in [6.45, 7) is 1.37. The number of hydrogen-bond acceptors (Lipinski definition) is 7. The molecule has 0 saturated carbocycles. The van der Waals surface area contributed by atoms with E-state index in [4.69, 9.17) is 21.2 Å². The first-order valence-corrected chi connectivity index (χ1v) is 11.4. The van der Waals surface area contributed by atoms with Gasteiger partial charge in [-0.2, -0.15) is 0 Å². The monoisotopic (exact) mass is 464 g/mol. The molecule has 2 N–H and O–H groups in total. The summed E-state index contributed by atoms with van der Waals surface area (Å²) in [4.78, 5) is 32.1. The lowest BCUT2D eigenvalue weighted by Gasteiger charge is -2.26. The Bertz CT molecular complexity index is 893. The Kier molecular flexibility index (Phi) is 8.79. The first-order valence-electron chi connectivity index (χ1n) is 11.0. The molecule has 9 heteroatoms. The summed E-state index contributed by atoms with van der Waals surface area (Å²) in [5.41, 5.74) is 0.653. The number of fused-ring (bicyclic) bond motifs is 1. The van der Waals surface area contributed by atoms with E-state index in [9.17, 15) is 19.8 Å². The van der Waals surface area contributed by atoms with Gasteiger partial charge in [0.25, 0.3) is 5.91 Å². The standard InChI is InChI=1S/C23H29ClN2O6/c24-22-17-13-16(25-32-15-20(29)26-10-6-4-7-11-26)9-5-2-1-3-8-12-31-23(30)21(17)18(27)14-19(22)28/h3,8,14,27-28H,1-2,4-7,9-13,15H2/b8-3+,25-16+. The Balaban J connectivity index is 1.82. The number of carbonyl (C=O) groups is 2. The number of benzene rings is 1. The predicted molar refractivity (Wildman–Crippen MR) is 120 cm³/mol. The number of amides is 1. The van der Waals surface area contributed by atoms with Gasteiger partial charge in [0.2, 0.25) is 0 Å². The number of aromatic hydroxyl groups is 2. The van der Waals surface area contributed by atoms with Gasteiger partial charge in [-0.1, -0.05) is 28.9 Å². The summed E-state index contributed by atoms with van der Waals surface area (Å²) in [6, 6.07) is 1.01. The van der Waals surface area contributed by atoms with Crippen LogP contribution < -0.4 is 0 Å². The van der Waals surface area contributed by atoms with Crippen molar-refractivity contribution < 1.29 is 29.4 Å². The third-order valence-electron chi connectivity index (χ3n) is 5.56. The minimum Gasteiger partial charge on any atom is -0.507 e. The molecule has 2 aliphatic rings. The molecule has 1 aromatic rings. The Labute approximate surface area is 192 Å². The molecule has 2 aliphatic heterocycles. The molecule has 0 spiro atoms. The summed E-state index contributed by atoms with van der Waals surface area (Å²) >= 11 is 6.29. The van der Waals surface area contributed by atoms with Gasteiger partial charge in [0.05, 0.1) is 10.7 Å². The van der Waals surface area contributed by atoms with Crippen LogP contribution in [-0.4, -0.2) is 59.0 Å². The van der Waals surface area contributed by atoms with Crippen molar-refractivity contribution in [3.8, 4) is 11.5 Å². The number of oxime groups is 1. The summed E-state index contributed by atoms with van der Waals surface area (Å²) in [5, 5.41) is 24.5. The number of hydrogen-bond donors (Lipinski definition) is 2. The van der Waals surface area contributed by atoms with Crippen LogP contribution in [-0.2, 0) is 20.8 Å². The van der Waals surface area contributed by atoms with Gasteiger partial charge < -0.3 is 24.7 Å². The maximum atomic E-state index is 12.6. The van der Waals surface area contributed by atoms with Crippen molar-refractivity contribution in [3.05, 3.63) is 34.4 Å². The van der Waals surface area contributed by atoms with Crippen LogP contribution in [0, 0.1) is 0 Å². The van der Waals surface area contributed by atoms with E-state index < -0.39 is 11.7 Å². The third-order valence-corrected chi connectivity index (χ3v) is 5.98. The zero-order valence-electron chi connectivity index (χ0n) is 18.0. The van der Waals surface area contributed by atoms with E-state index in [1.165, 1.54) is 0 Å². The van der Waals surface area contributed by atoms with E-state index in [-0.39, 0.29) is 47.4 Å². The van der Waals surface area contributed by atoms with Gasteiger partial charge in [-0.05, 0) is 50.5 Å². The molecule has 0 atom stereocenters. The number of phenolic OH excluding ortho intramolecular Hbond substituents is 2. The second-order valence-electron chi connectivity index (χ2n) is 7.95. The average Bonchev–Trinajstić information content (AvgIpc) is 2.80. The van der Waals surface area contributed by atoms with Crippen LogP contribution >= 0.6 is 11.6 Å². The lowest BCUT2D eigenvalue weighted by molar-refractivity contribution is -0.137. The lowest BCUT2D eigenvalue weighted by atomic mass is 9.97. The average molecular weight is 465 g/mol. The summed E-state index contributed by atoms with van der Waals surface area (Å²) < 4.78 is 5.23. The highest BCUT2D eigenvalue weighted by molar-refractivity contribution is 6.33. The number of rotatable bonds is 3. The highest BCUT2D eigenvalue weighted by atomic mass is 35.5. The van der Waals surface area contributed by atoms with Crippen molar-refractivity contribution >= 4 is 29.2 Å². The number of carbonyl (C=O) groups excluding carboxylic acids is 2. The molecule has 0 aromatic heterocycles. The first-order chi connectivity index (χ1) is 15.5. The van der Waals surface area contributed by atoms with E-state index in [1.807, 2.05) is 6.08 Å². The Morgan fingerprint density at radius 3 is 2.69 bits per heavy atom. The molecule has 3 rings (SSSR count). The number of phenols is 2. The number of likely N-dealkylation sites (tertiary alicyclic amines) is 1. The van der Waals surface area contributed by atoms with Gasteiger partial charge in [-0.3, -0.25) is 4.79 Å². The minimum absolute atomic E-state index is 0.0581. The van der Waals surface area contributed by atoms with Crippen LogP contribution in [0.4, 0.5) is 0 Å². The fourth-order valence-electron chi connectivity index (χ4n) is 3.83. The van der Waals surface area contributed by atoms with Crippen LogP contribution in [0.3, 0.4) is 0 Å².